The molecule has 0 atom stereocenters. The minimum Gasteiger partial charge on any atom is -0.404 e. The second-order valence-electron chi connectivity index (χ2n) is 5.59. The van der Waals surface area contributed by atoms with Gasteiger partial charge < -0.3 is 15.9 Å². The molecule has 5 N–H and O–H groups in total. The summed E-state index contributed by atoms with van der Waals surface area (Å²) in [7, 11) is 5.02. The molecular formula is C15H15BFN5O2S. The summed E-state index contributed by atoms with van der Waals surface area (Å²) in [6.45, 7) is 0. The molecule has 0 fully saturated rings. The lowest BCUT2D eigenvalue weighted by Gasteiger charge is -2.00. The predicted molar refractivity (Wildman–Crippen MR) is 95.3 cm³/mol. The van der Waals surface area contributed by atoms with Gasteiger partial charge >= 0.3 is 0 Å². The second kappa shape index (κ2) is 7.10. The molecule has 128 valence electrons. The number of aromatic amines is 2. The van der Waals surface area contributed by atoms with E-state index in [1.807, 2.05) is 5.23 Å². The van der Waals surface area contributed by atoms with Crippen LogP contribution in [0.5, 0.6) is 0 Å². The van der Waals surface area contributed by atoms with Gasteiger partial charge in [-0.15, -0.1) is 11.3 Å². The number of anilines is 1. The minimum atomic E-state index is -0.621. The maximum Gasteiger partial charge on any atom is 0.261 e. The van der Waals surface area contributed by atoms with Crippen LogP contribution in [0.3, 0.4) is 0 Å². The number of hydrogen-bond acceptors (Lipinski definition) is 5. The lowest BCUT2D eigenvalue weighted by Crippen LogP contribution is -2.19. The number of carbonyl (C=O) groups is 1. The normalized spacial score (nSPS) is 11.1. The molecule has 0 saturated heterocycles. The third-order valence-electron chi connectivity index (χ3n) is 3.85. The Balaban J connectivity index is 1.59. The van der Waals surface area contributed by atoms with Crippen LogP contribution in [0.1, 0.15) is 33.8 Å². The summed E-state index contributed by atoms with van der Waals surface area (Å²) in [4.78, 5) is 32.7. The van der Waals surface area contributed by atoms with Crippen LogP contribution in [0.2, 0.25) is 0 Å². The quantitative estimate of drug-likeness (QED) is 0.393. The highest BCUT2D eigenvalue weighted by Gasteiger charge is 2.16. The number of amides is 1. The van der Waals surface area contributed by atoms with Crippen molar-refractivity contribution in [2.45, 2.75) is 25.7 Å². The van der Waals surface area contributed by atoms with E-state index in [0.29, 0.717) is 29.4 Å². The first-order chi connectivity index (χ1) is 12.0. The van der Waals surface area contributed by atoms with Crippen LogP contribution in [0.15, 0.2) is 16.2 Å². The maximum atomic E-state index is 14.1. The molecule has 0 saturated carbocycles. The molecule has 7 nitrogen and oxygen atoms in total. The van der Waals surface area contributed by atoms with Crippen molar-refractivity contribution in [1.82, 2.24) is 20.2 Å². The van der Waals surface area contributed by atoms with Gasteiger partial charge in [0, 0.05) is 5.69 Å². The number of unbranched alkanes of at least 4 members (excludes halogenated alkanes) is 1. The van der Waals surface area contributed by atoms with Gasteiger partial charge in [0.05, 0.1) is 5.39 Å². The highest BCUT2D eigenvalue weighted by molar-refractivity contribution is 7.12. The SMILES string of the molecule is [B]NC(=O)c1scc(CCCCc2cc3c(=O)[nH]c(N)nc3[nH]2)c1F. The minimum absolute atomic E-state index is 0.00370. The number of fused-ring (bicyclic) bond motifs is 1. The van der Waals surface area contributed by atoms with Crippen molar-refractivity contribution in [2.75, 3.05) is 5.73 Å². The molecule has 3 aromatic heterocycles. The van der Waals surface area contributed by atoms with E-state index in [9.17, 15) is 14.0 Å². The third kappa shape index (κ3) is 3.58. The van der Waals surface area contributed by atoms with Crippen LogP contribution in [0.25, 0.3) is 11.0 Å². The highest BCUT2D eigenvalue weighted by atomic mass is 32.1. The van der Waals surface area contributed by atoms with E-state index in [1.54, 1.807) is 11.4 Å². The number of aryl methyl sites for hydroxylation is 2. The Bertz CT molecular complexity index is 980. The Labute approximate surface area is 147 Å². The van der Waals surface area contributed by atoms with Gasteiger partial charge in [-0.2, -0.15) is 4.98 Å². The maximum absolute atomic E-state index is 14.1. The number of nitrogen functional groups attached to an aromatic ring is 1. The van der Waals surface area contributed by atoms with Crippen molar-refractivity contribution in [3.8, 4) is 0 Å². The Hall–Kier alpha value is -2.62. The molecular weight excluding hydrogens is 344 g/mol. The molecule has 3 aromatic rings. The van der Waals surface area contributed by atoms with E-state index in [2.05, 4.69) is 15.0 Å². The van der Waals surface area contributed by atoms with Gasteiger partial charge in [0.2, 0.25) is 13.9 Å². The molecule has 2 radical (unpaired) electrons. The molecule has 0 bridgehead atoms. The summed E-state index contributed by atoms with van der Waals surface area (Å²) in [6.07, 6.45) is 2.73. The zero-order chi connectivity index (χ0) is 18.0. The first kappa shape index (κ1) is 17.2. The molecule has 0 spiro atoms. The van der Waals surface area contributed by atoms with Gasteiger partial charge in [-0.05, 0) is 42.7 Å². The Kier molecular flexibility index (Phi) is 4.89. The fourth-order valence-corrected chi connectivity index (χ4v) is 3.51. The molecule has 0 aromatic carbocycles. The standard InChI is InChI=1S/C15H15BFN5O2S/c16-22-14(24)11-10(17)7(6-25-11)3-1-2-4-8-5-9-12(19-8)20-15(18)21-13(9)23/h5-6H,1-4H2,(H,22,24)(H4,18,19,20,21,23). The smallest absolute Gasteiger partial charge is 0.261 e. The fraction of sp³-hybridized carbons (Fsp3) is 0.267. The van der Waals surface area contributed by atoms with Crippen molar-refractivity contribution >= 4 is 42.2 Å². The van der Waals surface area contributed by atoms with Crippen LogP contribution in [0.4, 0.5) is 10.3 Å². The van der Waals surface area contributed by atoms with Gasteiger partial charge in [-0.1, -0.05) is 0 Å². The number of carbonyl (C=O) groups excluding carboxylic acids is 1. The Morgan fingerprint density at radius 2 is 2.12 bits per heavy atom. The van der Waals surface area contributed by atoms with Crippen molar-refractivity contribution in [3.63, 3.8) is 0 Å². The topological polar surface area (TPSA) is 117 Å². The van der Waals surface area contributed by atoms with Crippen molar-refractivity contribution in [2.24, 2.45) is 0 Å². The molecule has 1 amide bonds. The van der Waals surface area contributed by atoms with Crippen LogP contribution >= 0.6 is 11.3 Å². The van der Waals surface area contributed by atoms with E-state index >= 15 is 0 Å². The third-order valence-corrected chi connectivity index (χ3v) is 4.85. The number of aromatic nitrogens is 3. The number of nitrogens with one attached hydrogen (secondary N) is 3. The molecule has 3 heterocycles. The zero-order valence-corrected chi connectivity index (χ0v) is 14.0. The number of nitrogens with two attached hydrogens (primary N) is 1. The van der Waals surface area contributed by atoms with E-state index in [-0.39, 0.29) is 16.4 Å². The van der Waals surface area contributed by atoms with Gasteiger partial charge in [0.15, 0.2) is 0 Å². The van der Waals surface area contributed by atoms with E-state index < -0.39 is 11.7 Å². The molecule has 0 aliphatic rings. The summed E-state index contributed by atoms with van der Waals surface area (Å²) in [5.74, 6) is -1.07. The summed E-state index contributed by atoms with van der Waals surface area (Å²) in [5, 5.41) is 4.03. The van der Waals surface area contributed by atoms with E-state index in [0.717, 1.165) is 29.9 Å². The van der Waals surface area contributed by atoms with Crippen LogP contribution < -0.4 is 16.5 Å². The molecule has 25 heavy (non-hydrogen) atoms. The highest BCUT2D eigenvalue weighted by Crippen LogP contribution is 2.23. The average molecular weight is 359 g/mol. The number of thiophene rings is 1. The molecule has 3 rings (SSSR count). The number of rotatable bonds is 6. The zero-order valence-electron chi connectivity index (χ0n) is 13.2. The summed E-state index contributed by atoms with van der Waals surface area (Å²) < 4.78 is 14.1. The lowest BCUT2D eigenvalue weighted by molar-refractivity contribution is 0.0982. The number of nitrogens with zero attached hydrogens (tertiary/aromatic N) is 1. The van der Waals surface area contributed by atoms with Crippen LogP contribution in [-0.2, 0) is 12.8 Å². The first-order valence-corrected chi connectivity index (χ1v) is 8.51. The van der Waals surface area contributed by atoms with E-state index in [1.165, 1.54) is 0 Å². The monoisotopic (exact) mass is 359 g/mol. The number of H-pyrrole nitrogens is 2. The first-order valence-electron chi connectivity index (χ1n) is 7.63. The molecule has 0 aliphatic heterocycles. The lowest BCUT2D eigenvalue weighted by atomic mass is 10.1. The fourth-order valence-electron chi connectivity index (χ4n) is 2.62. The van der Waals surface area contributed by atoms with Crippen LogP contribution in [-0.4, -0.2) is 28.8 Å². The predicted octanol–water partition coefficient (Wildman–Crippen LogP) is 1.41. The van der Waals surface area contributed by atoms with Gasteiger partial charge in [-0.3, -0.25) is 14.6 Å². The summed E-state index contributed by atoms with van der Waals surface area (Å²) in [5.41, 5.74) is 7.06. The van der Waals surface area contributed by atoms with E-state index in [4.69, 9.17) is 13.7 Å². The van der Waals surface area contributed by atoms with Crippen molar-refractivity contribution in [3.05, 3.63) is 43.8 Å². The molecule has 0 aliphatic carbocycles. The summed E-state index contributed by atoms with van der Waals surface area (Å²) in [6, 6.07) is 1.75. The van der Waals surface area contributed by atoms with Crippen molar-refractivity contribution in [1.29, 1.82) is 0 Å². The van der Waals surface area contributed by atoms with Gasteiger partial charge in [0.1, 0.15) is 16.3 Å². The van der Waals surface area contributed by atoms with Crippen molar-refractivity contribution < 1.29 is 9.18 Å². The average Bonchev–Trinajstić information content (AvgIpc) is 3.15. The second-order valence-corrected chi connectivity index (χ2v) is 6.47. The largest absolute Gasteiger partial charge is 0.404 e. The van der Waals surface area contributed by atoms with Crippen LogP contribution in [0, 0.1) is 5.82 Å². The molecule has 0 unspecified atom stereocenters. The molecule has 10 heteroatoms. The number of hydrogen-bond donors (Lipinski definition) is 4. The Morgan fingerprint density at radius 1 is 1.36 bits per heavy atom. The van der Waals surface area contributed by atoms with Gasteiger partial charge in [-0.25, -0.2) is 4.39 Å². The summed E-state index contributed by atoms with van der Waals surface area (Å²) >= 11 is 1.04. The Morgan fingerprint density at radius 3 is 2.88 bits per heavy atom. The number of halogens is 1. The van der Waals surface area contributed by atoms with Gasteiger partial charge in [0.25, 0.3) is 11.5 Å².